The van der Waals surface area contributed by atoms with Crippen molar-refractivity contribution < 1.29 is 14.4 Å². The molecule has 0 radical (unpaired) electrons. The number of nitrogens with two attached hydrogens (primary N) is 1. The molecule has 1 heterocycles. The van der Waals surface area contributed by atoms with Crippen molar-refractivity contribution >= 4 is 29.1 Å². The Labute approximate surface area is 126 Å². The fraction of sp³-hybridized carbons (Fsp3) is 0.0625. The lowest BCUT2D eigenvalue weighted by Gasteiger charge is -2.06. The van der Waals surface area contributed by atoms with Gasteiger partial charge in [-0.15, -0.1) is 0 Å². The Bertz CT molecular complexity index is 782. The molecule has 0 atom stereocenters. The maximum absolute atomic E-state index is 12.0. The van der Waals surface area contributed by atoms with Crippen molar-refractivity contribution in [2.45, 2.75) is 6.42 Å². The van der Waals surface area contributed by atoms with Gasteiger partial charge in [-0.05, 0) is 35.9 Å². The number of carbonyl (C=O) groups is 3. The van der Waals surface area contributed by atoms with Crippen LogP contribution in [0.2, 0.25) is 0 Å². The highest BCUT2D eigenvalue weighted by Gasteiger charge is 2.26. The van der Waals surface area contributed by atoms with Crippen LogP contribution in [0.1, 0.15) is 26.3 Å². The molecular formula is C16H13N3O3. The van der Waals surface area contributed by atoms with Gasteiger partial charge in [-0.3, -0.25) is 19.7 Å². The number of rotatable bonds is 3. The molecule has 1 aliphatic rings. The number of fused-ring (bicyclic) bond motifs is 1. The Kier molecular flexibility index (Phi) is 3.34. The molecule has 110 valence electrons. The Hall–Kier alpha value is -3.15. The molecule has 4 N–H and O–H groups in total. The van der Waals surface area contributed by atoms with Crippen LogP contribution in [0.4, 0.5) is 11.4 Å². The average molecular weight is 295 g/mol. The molecule has 0 aromatic heterocycles. The fourth-order valence-corrected chi connectivity index (χ4v) is 2.27. The number of benzene rings is 2. The fourth-order valence-electron chi connectivity index (χ4n) is 2.27. The van der Waals surface area contributed by atoms with Crippen molar-refractivity contribution in [1.82, 2.24) is 5.32 Å². The molecule has 0 bridgehead atoms. The number of hydrogen-bond donors (Lipinski definition) is 3. The molecule has 3 amide bonds. The Morgan fingerprint density at radius 2 is 1.68 bits per heavy atom. The second-order valence-electron chi connectivity index (χ2n) is 5.01. The van der Waals surface area contributed by atoms with Gasteiger partial charge in [0.1, 0.15) is 0 Å². The summed E-state index contributed by atoms with van der Waals surface area (Å²) in [6.07, 6.45) is 0.197. The van der Waals surface area contributed by atoms with E-state index < -0.39 is 11.8 Å². The van der Waals surface area contributed by atoms with E-state index >= 15 is 0 Å². The lowest BCUT2D eigenvalue weighted by molar-refractivity contribution is -0.115. The Morgan fingerprint density at radius 1 is 1.00 bits per heavy atom. The SMILES string of the molecule is Nc1ccc(CC(=O)Nc2ccc3c(c2)C(=O)NC3=O)cc1. The first-order valence-electron chi connectivity index (χ1n) is 6.67. The van der Waals surface area contributed by atoms with E-state index in [9.17, 15) is 14.4 Å². The lowest BCUT2D eigenvalue weighted by atomic mass is 10.1. The van der Waals surface area contributed by atoms with Crippen LogP contribution in [0.3, 0.4) is 0 Å². The smallest absolute Gasteiger partial charge is 0.259 e. The first-order valence-corrected chi connectivity index (χ1v) is 6.67. The zero-order chi connectivity index (χ0) is 15.7. The van der Waals surface area contributed by atoms with Crippen molar-refractivity contribution in [3.63, 3.8) is 0 Å². The predicted molar refractivity (Wildman–Crippen MR) is 81.4 cm³/mol. The van der Waals surface area contributed by atoms with Crippen molar-refractivity contribution in [1.29, 1.82) is 0 Å². The van der Waals surface area contributed by atoms with E-state index in [2.05, 4.69) is 10.6 Å². The zero-order valence-corrected chi connectivity index (χ0v) is 11.6. The van der Waals surface area contributed by atoms with Gasteiger partial charge >= 0.3 is 0 Å². The third-order valence-electron chi connectivity index (χ3n) is 3.36. The van der Waals surface area contributed by atoms with E-state index in [-0.39, 0.29) is 17.9 Å². The van der Waals surface area contributed by atoms with Gasteiger partial charge in [0, 0.05) is 11.4 Å². The topological polar surface area (TPSA) is 101 Å². The van der Waals surface area contributed by atoms with Gasteiger partial charge < -0.3 is 11.1 Å². The van der Waals surface area contributed by atoms with Crippen molar-refractivity contribution in [2.24, 2.45) is 0 Å². The summed E-state index contributed by atoms with van der Waals surface area (Å²) >= 11 is 0. The average Bonchev–Trinajstić information content (AvgIpc) is 2.76. The number of nitrogens with one attached hydrogen (secondary N) is 2. The van der Waals surface area contributed by atoms with E-state index in [4.69, 9.17) is 5.73 Å². The quantitative estimate of drug-likeness (QED) is 0.587. The molecule has 22 heavy (non-hydrogen) atoms. The summed E-state index contributed by atoms with van der Waals surface area (Å²) in [6.45, 7) is 0. The molecule has 2 aromatic rings. The predicted octanol–water partition coefficient (Wildman–Crippen LogP) is 1.33. The Balaban J connectivity index is 1.72. The van der Waals surface area contributed by atoms with Gasteiger partial charge in [-0.25, -0.2) is 0 Å². The number of amides is 3. The molecule has 6 heteroatoms. The van der Waals surface area contributed by atoms with Crippen molar-refractivity contribution in [2.75, 3.05) is 11.1 Å². The van der Waals surface area contributed by atoms with Crippen molar-refractivity contribution in [3.05, 3.63) is 59.2 Å². The first-order chi connectivity index (χ1) is 10.5. The van der Waals surface area contributed by atoms with Crippen LogP contribution in [0, 0.1) is 0 Å². The van der Waals surface area contributed by atoms with Crippen molar-refractivity contribution in [3.8, 4) is 0 Å². The largest absolute Gasteiger partial charge is 0.399 e. The summed E-state index contributed by atoms with van der Waals surface area (Å²) in [5.74, 6) is -1.08. The van der Waals surface area contributed by atoms with E-state index in [1.54, 1.807) is 30.3 Å². The molecule has 0 saturated carbocycles. The van der Waals surface area contributed by atoms with Gasteiger partial charge in [0.05, 0.1) is 17.5 Å². The molecule has 2 aromatic carbocycles. The van der Waals surface area contributed by atoms with Crippen LogP contribution < -0.4 is 16.4 Å². The Morgan fingerprint density at radius 3 is 2.41 bits per heavy atom. The van der Waals surface area contributed by atoms with Gasteiger partial charge in [0.25, 0.3) is 11.8 Å². The second kappa shape index (κ2) is 5.33. The summed E-state index contributed by atoms with van der Waals surface area (Å²) in [7, 11) is 0. The number of hydrogen-bond acceptors (Lipinski definition) is 4. The monoisotopic (exact) mass is 295 g/mol. The van der Waals surface area contributed by atoms with Crippen LogP contribution in [-0.4, -0.2) is 17.7 Å². The minimum atomic E-state index is -0.449. The van der Waals surface area contributed by atoms with E-state index in [0.717, 1.165) is 5.56 Å². The minimum Gasteiger partial charge on any atom is -0.399 e. The molecule has 0 spiro atoms. The molecule has 0 unspecified atom stereocenters. The van der Waals surface area contributed by atoms with E-state index in [1.807, 2.05) is 0 Å². The van der Waals surface area contributed by atoms with Gasteiger partial charge in [0.15, 0.2) is 0 Å². The second-order valence-corrected chi connectivity index (χ2v) is 5.01. The first kappa shape index (κ1) is 13.8. The molecule has 0 fully saturated rings. The molecule has 6 nitrogen and oxygen atoms in total. The van der Waals surface area contributed by atoms with Crippen LogP contribution in [0.15, 0.2) is 42.5 Å². The third kappa shape index (κ3) is 2.67. The van der Waals surface area contributed by atoms with Gasteiger partial charge in [-0.2, -0.15) is 0 Å². The minimum absolute atomic E-state index is 0.197. The number of imide groups is 1. The van der Waals surface area contributed by atoms with E-state index in [1.165, 1.54) is 12.1 Å². The van der Waals surface area contributed by atoms with Crippen LogP contribution in [0.25, 0.3) is 0 Å². The highest BCUT2D eigenvalue weighted by Crippen LogP contribution is 2.20. The molecule has 0 aliphatic carbocycles. The molecule has 0 saturated heterocycles. The summed E-state index contributed by atoms with van der Waals surface area (Å²) in [5.41, 5.74) is 8.13. The summed E-state index contributed by atoms with van der Waals surface area (Å²) < 4.78 is 0. The molecule has 3 rings (SSSR count). The highest BCUT2D eigenvalue weighted by atomic mass is 16.2. The van der Waals surface area contributed by atoms with E-state index in [0.29, 0.717) is 16.9 Å². The standard InChI is InChI=1S/C16H13N3O3/c17-10-3-1-9(2-4-10)7-14(20)18-11-5-6-12-13(8-11)16(22)19-15(12)21/h1-6,8H,7,17H2,(H,18,20)(H,19,21,22). The zero-order valence-electron chi connectivity index (χ0n) is 11.6. The van der Waals surface area contributed by atoms with Gasteiger partial charge in [0.2, 0.25) is 5.91 Å². The molecule has 1 aliphatic heterocycles. The number of carbonyl (C=O) groups excluding carboxylic acids is 3. The number of nitrogen functional groups attached to an aromatic ring is 1. The van der Waals surface area contributed by atoms with Crippen LogP contribution >= 0.6 is 0 Å². The third-order valence-corrected chi connectivity index (χ3v) is 3.36. The van der Waals surface area contributed by atoms with Crippen LogP contribution in [0.5, 0.6) is 0 Å². The van der Waals surface area contributed by atoms with Crippen LogP contribution in [-0.2, 0) is 11.2 Å². The number of anilines is 2. The lowest BCUT2D eigenvalue weighted by Crippen LogP contribution is -2.19. The summed E-state index contributed by atoms with van der Waals surface area (Å²) in [5, 5.41) is 4.91. The normalized spacial score (nSPS) is 12.7. The van der Waals surface area contributed by atoms with Gasteiger partial charge in [-0.1, -0.05) is 12.1 Å². The summed E-state index contributed by atoms with van der Waals surface area (Å²) in [6, 6.07) is 11.6. The highest BCUT2D eigenvalue weighted by molar-refractivity contribution is 6.22. The summed E-state index contributed by atoms with van der Waals surface area (Å²) in [4.78, 5) is 35.0. The maximum Gasteiger partial charge on any atom is 0.259 e. The maximum atomic E-state index is 12.0. The molecular weight excluding hydrogens is 282 g/mol.